The number of benzene rings is 3. The van der Waals surface area contributed by atoms with E-state index >= 15 is 0 Å². The maximum atomic E-state index is 13.7. The van der Waals surface area contributed by atoms with Crippen molar-refractivity contribution in [1.82, 2.24) is 24.9 Å². The fourth-order valence-corrected chi connectivity index (χ4v) is 4.92. The van der Waals surface area contributed by atoms with E-state index in [9.17, 15) is 8.42 Å². The summed E-state index contributed by atoms with van der Waals surface area (Å²) in [5.74, 6) is 0.485. The molecule has 1 heterocycles. The third kappa shape index (κ3) is 5.08. The molecule has 0 saturated carbocycles. The molecule has 0 bridgehead atoms. The number of sulfonamides is 1. The van der Waals surface area contributed by atoms with E-state index in [-0.39, 0.29) is 17.3 Å². The third-order valence-electron chi connectivity index (χ3n) is 5.05. The summed E-state index contributed by atoms with van der Waals surface area (Å²) in [6.07, 6.45) is 1.40. The summed E-state index contributed by atoms with van der Waals surface area (Å²) in [5.41, 5.74) is 2.09. The number of tetrazole rings is 1. The van der Waals surface area contributed by atoms with Crippen LogP contribution >= 0.6 is 0 Å². The normalized spacial score (nSPS) is 11.5. The maximum Gasteiger partial charge on any atom is 0.245 e. The zero-order chi connectivity index (χ0) is 24.0. The van der Waals surface area contributed by atoms with Crippen LogP contribution < -0.4 is 14.2 Å². The van der Waals surface area contributed by atoms with Gasteiger partial charge in [-0.15, -0.1) is 5.10 Å². The van der Waals surface area contributed by atoms with Crippen LogP contribution in [0.2, 0.25) is 0 Å². The van der Waals surface area contributed by atoms with Gasteiger partial charge in [-0.2, -0.15) is 9.40 Å². The second-order valence-corrected chi connectivity index (χ2v) is 8.95. The Morgan fingerprint density at radius 1 is 0.882 bits per heavy atom. The molecular weight excluding hydrogens is 454 g/mol. The molecule has 10 heteroatoms. The second kappa shape index (κ2) is 10.4. The molecule has 0 spiro atoms. The Balaban J connectivity index is 1.82. The standard InChI is InChI=1S/C24H25N5O4S/c1-3-32-21-16-23(22(33-4-2)15-20(21)29-17-25-27-28-29)34(30,31)26-24(18-11-7-5-8-12-18)19-13-9-6-10-14-19/h5-17,24,26H,3-4H2,1-2H3. The molecule has 0 radical (unpaired) electrons. The van der Waals surface area contributed by atoms with Crippen molar-refractivity contribution in [2.45, 2.75) is 24.8 Å². The van der Waals surface area contributed by atoms with Crippen molar-refractivity contribution in [2.75, 3.05) is 13.2 Å². The van der Waals surface area contributed by atoms with Crippen LogP contribution in [0.5, 0.6) is 11.5 Å². The molecule has 0 aliphatic carbocycles. The number of rotatable bonds is 10. The summed E-state index contributed by atoms with van der Waals surface area (Å²) in [7, 11) is -4.05. The van der Waals surface area contributed by atoms with Crippen LogP contribution in [0.3, 0.4) is 0 Å². The van der Waals surface area contributed by atoms with Crippen molar-refractivity contribution in [3.63, 3.8) is 0 Å². The zero-order valence-corrected chi connectivity index (χ0v) is 19.6. The van der Waals surface area contributed by atoms with E-state index in [0.29, 0.717) is 18.0 Å². The van der Waals surface area contributed by atoms with Gasteiger partial charge in [0.2, 0.25) is 10.0 Å². The van der Waals surface area contributed by atoms with Gasteiger partial charge in [0.1, 0.15) is 28.4 Å². The SMILES string of the molecule is CCOc1cc(S(=O)(=O)NC(c2ccccc2)c2ccccc2)c(OCC)cc1-n1cnnn1. The van der Waals surface area contributed by atoms with Gasteiger partial charge in [-0.25, -0.2) is 8.42 Å². The number of hydrogen-bond acceptors (Lipinski definition) is 7. The minimum atomic E-state index is -4.05. The topological polar surface area (TPSA) is 108 Å². The quantitative estimate of drug-likeness (QED) is 0.371. The molecule has 1 N–H and O–H groups in total. The molecule has 0 aliphatic rings. The van der Waals surface area contributed by atoms with Crippen molar-refractivity contribution in [2.24, 2.45) is 0 Å². The molecule has 0 fully saturated rings. The number of ether oxygens (including phenoxy) is 2. The van der Waals surface area contributed by atoms with Crippen molar-refractivity contribution in [1.29, 1.82) is 0 Å². The summed E-state index contributed by atoms with van der Waals surface area (Å²) in [6, 6.07) is 21.2. The van der Waals surface area contributed by atoms with Gasteiger partial charge >= 0.3 is 0 Å². The van der Waals surface area contributed by atoms with Gasteiger partial charge in [-0.3, -0.25) is 0 Å². The van der Waals surface area contributed by atoms with Crippen molar-refractivity contribution >= 4 is 10.0 Å². The first-order chi connectivity index (χ1) is 16.5. The summed E-state index contributed by atoms with van der Waals surface area (Å²) in [5, 5.41) is 11.2. The van der Waals surface area contributed by atoms with E-state index in [1.54, 1.807) is 13.0 Å². The molecule has 0 aliphatic heterocycles. The van der Waals surface area contributed by atoms with Crippen LogP contribution in [0.4, 0.5) is 0 Å². The predicted molar refractivity (Wildman–Crippen MR) is 127 cm³/mol. The van der Waals surface area contributed by atoms with Gasteiger partial charge in [-0.05, 0) is 35.4 Å². The molecule has 34 heavy (non-hydrogen) atoms. The molecule has 1 aromatic heterocycles. The summed E-state index contributed by atoms with van der Waals surface area (Å²) >= 11 is 0. The lowest BCUT2D eigenvalue weighted by atomic mass is 10.00. The van der Waals surface area contributed by atoms with Crippen molar-refractivity contribution in [3.8, 4) is 17.2 Å². The highest BCUT2D eigenvalue weighted by molar-refractivity contribution is 7.89. The molecular formula is C24H25N5O4S. The monoisotopic (exact) mass is 479 g/mol. The first kappa shape index (κ1) is 23.4. The molecule has 0 unspecified atom stereocenters. The molecule has 0 atom stereocenters. The average molecular weight is 480 g/mol. The highest BCUT2D eigenvalue weighted by Gasteiger charge is 2.28. The van der Waals surface area contributed by atoms with Gasteiger partial charge in [0, 0.05) is 12.1 Å². The number of aromatic nitrogens is 4. The first-order valence-corrected chi connectivity index (χ1v) is 12.3. The summed E-state index contributed by atoms with van der Waals surface area (Å²) < 4.78 is 43.2. The molecule has 176 valence electrons. The minimum Gasteiger partial charge on any atom is -0.492 e. The molecule has 0 amide bonds. The summed E-state index contributed by atoms with van der Waals surface area (Å²) in [4.78, 5) is -0.0357. The van der Waals surface area contributed by atoms with Crippen LogP contribution in [0.25, 0.3) is 5.69 Å². The summed E-state index contributed by atoms with van der Waals surface area (Å²) in [6.45, 7) is 4.19. The number of hydrogen-bond donors (Lipinski definition) is 1. The van der Waals surface area contributed by atoms with Crippen LogP contribution in [0, 0.1) is 0 Å². The molecule has 0 saturated heterocycles. The Kier molecular flexibility index (Phi) is 7.19. The lowest BCUT2D eigenvalue weighted by Crippen LogP contribution is -2.30. The lowest BCUT2D eigenvalue weighted by molar-refractivity contribution is 0.321. The molecule has 9 nitrogen and oxygen atoms in total. The van der Waals surface area contributed by atoms with E-state index in [0.717, 1.165) is 11.1 Å². The maximum absolute atomic E-state index is 13.7. The average Bonchev–Trinajstić information content (AvgIpc) is 3.39. The van der Waals surface area contributed by atoms with Gasteiger partial charge in [0.25, 0.3) is 0 Å². The second-order valence-electron chi connectivity index (χ2n) is 7.26. The molecule has 3 aromatic carbocycles. The smallest absolute Gasteiger partial charge is 0.245 e. The molecule has 4 rings (SSSR count). The predicted octanol–water partition coefficient (Wildman–Crippen LogP) is 3.53. The number of nitrogens with zero attached hydrogens (tertiary/aromatic N) is 4. The van der Waals surface area contributed by atoms with Gasteiger partial charge in [-0.1, -0.05) is 60.7 Å². The van der Waals surface area contributed by atoms with Crippen LogP contribution in [0.1, 0.15) is 31.0 Å². The lowest BCUT2D eigenvalue weighted by Gasteiger charge is -2.22. The Hall–Kier alpha value is -3.76. The largest absolute Gasteiger partial charge is 0.492 e. The fourth-order valence-electron chi connectivity index (χ4n) is 3.57. The highest BCUT2D eigenvalue weighted by atomic mass is 32.2. The Morgan fingerprint density at radius 2 is 1.47 bits per heavy atom. The highest BCUT2D eigenvalue weighted by Crippen LogP contribution is 2.35. The Bertz CT molecular complexity index is 1280. The van der Waals surface area contributed by atoms with Crippen LogP contribution in [0.15, 0.2) is 84.0 Å². The fraction of sp³-hybridized carbons (Fsp3) is 0.208. The van der Waals surface area contributed by atoms with Gasteiger partial charge in [0.15, 0.2) is 0 Å². The van der Waals surface area contributed by atoms with Crippen LogP contribution in [-0.4, -0.2) is 41.8 Å². The zero-order valence-electron chi connectivity index (χ0n) is 18.8. The number of nitrogens with one attached hydrogen (secondary N) is 1. The van der Waals surface area contributed by atoms with Gasteiger partial charge in [0.05, 0.1) is 19.3 Å². The first-order valence-electron chi connectivity index (χ1n) is 10.8. The van der Waals surface area contributed by atoms with E-state index < -0.39 is 16.1 Å². The van der Waals surface area contributed by atoms with Gasteiger partial charge < -0.3 is 9.47 Å². The van der Waals surface area contributed by atoms with E-state index in [1.807, 2.05) is 67.6 Å². The third-order valence-corrected chi connectivity index (χ3v) is 6.49. The van der Waals surface area contributed by atoms with Crippen LogP contribution in [-0.2, 0) is 10.0 Å². The minimum absolute atomic E-state index is 0.0357. The Morgan fingerprint density at radius 3 is 2.00 bits per heavy atom. The van der Waals surface area contributed by atoms with E-state index in [4.69, 9.17) is 9.47 Å². The van der Waals surface area contributed by atoms with Crippen molar-refractivity contribution < 1.29 is 17.9 Å². The van der Waals surface area contributed by atoms with E-state index in [2.05, 4.69) is 20.2 Å². The Labute approximate surface area is 198 Å². The molecule has 4 aromatic rings. The van der Waals surface area contributed by atoms with Crippen molar-refractivity contribution in [3.05, 3.63) is 90.3 Å². The van der Waals surface area contributed by atoms with E-state index in [1.165, 1.54) is 17.1 Å².